The molecule has 2 aromatic carbocycles. The highest BCUT2D eigenvalue weighted by Gasteiger charge is 2.41. The lowest BCUT2D eigenvalue weighted by atomic mass is 10.1. The lowest BCUT2D eigenvalue weighted by Crippen LogP contribution is -2.49. The van der Waals surface area contributed by atoms with Gasteiger partial charge in [0.25, 0.3) is 5.91 Å². The van der Waals surface area contributed by atoms with Crippen molar-refractivity contribution in [2.75, 3.05) is 10.7 Å². The molecule has 118 valence electrons. The van der Waals surface area contributed by atoms with Gasteiger partial charge in [-0.05, 0) is 42.0 Å². The van der Waals surface area contributed by atoms with Crippen LogP contribution in [0.2, 0.25) is 10.0 Å². The minimum atomic E-state index is -1.60. The molecule has 7 heteroatoms. The number of halogens is 2. The lowest BCUT2D eigenvalue weighted by Gasteiger charge is -2.30. The summed E-state index contributed by atoms with van der Waals surface area (Å²) in [6.07, 6.45) is 0. The van der Waals surface area contributed by atoms with E-state index >= 15 is 0 Å². The average molecular weight is 368 g/mol. The molecule has 1 fully saturated rings. The first-order valence-corrected chi connectivity index (χ1v) is 8.86. The Hall–Kier alpha value is -1.69. The van der Waals surface area contributed by atoms with Gasteiger partial charge in [0.2, 0.25) is 5.91 Å². The highest BCUT2D eigenvalue weighted by molar-refractivity contribution is 7.87. The Bertz CT molecular complexity index is 724. The SMILES string of the molecule is O=C1C[S@@](=O)[C@H](c2ccc(Cl)cc2)C(=O)N1c1ccc(Cl)cc1. The van der Waals surface area contributed by atoms with Crippen LogP contribution in [0.25, 0.3) is 0 Å². The number of amides is 2. The first kappa shape index (κ1) is 16.2. The molecule has 0 aromatic heterocycles. The Kier molecular flexibility index (Phi) is 4.53. The summed E-state index contributed by atoms with van der Waals surface area (Å²) in [4.78, 5) is 26.0. The van der Waals surface area contributed by atoms with E-state index in [4.69, 9.17) is 23.2 Å². The fourth-order valence-corrected chi connectivity index (χ4v) is 4.00. The molecule has 3 rings (SSSR count). The molecular formula is C16H11Cl2NO3S. The van der Waals surface area contributed by atoms with E-state index in [9.17, 15) is 13.8 Å². The van der Waals surface area contributed by atoms with Gasteiger partial charge >= 0.3 is 0 Å². The van der Waals surface area contributed by atoms with Gasteiger partial charge < -0.3 is 0 Å². The van der Waals surface area contributed by atoms with Crippen LogP contribution in [-0.2, 0) is 20.4 Å². The number of anilines is 1. The third kappa shape index (κ3) is 3.17. The van der Waals surface area contributed by atoms with Crippen LogP contribution in [-0.4, -0.2) is 21.8 Å². The van der Waals surface area contributed by atoms with E-state index in [1.54, 1.807) is 48.5 Å². The van der Waals surface area contributed by atoms with Crippen molar-refractivity contribution in [3.05, 3.63) is 64.1 Å². The molecule has 0 unspecified atom stereocenters. The zero-order valence-corrected chi connectivity index (χ0v) is 14.1. The van der Waals surface area contributed by atoms with Gasteiger partial charge in [0, 0.05) is 20.8 Å². The van der Waals surface area contributed by atoms with Gasteiger partial charge in [-0.1, -0.05) is 35.3 Å². The summed E-state index contributed by atoms with van der Waals surface area (Å²) in [5.74, 6) is -1.20. The van der Waals surface area contributed by atoms with Crippen LogP contribution in [0.5, 0.6) is 0 Å². The molecule has 0 aliphatic carbocycles. The van der Waals surface area contributed by atoms with E-state index in [0.29, 0.717) is 21.3 Å². The Balaban J connectivity index is 2.00. The van der Waals surface area contributed by atoms with Crippen molar-refractivity contribution in [2.45, 2.75) is 5.25 Å². The first-order chi connectivity index (χ1) is 11.0. The number of imide groups is 1. The zero-order valence-electron chi connectivity index (χ0n) is 11.7. The fourth-order valence-electron chi connectivity index (χ4n) is 2.42. The Morgan fingerprint density at radius 2 is 1.43 bits per heavy atom. The molecular weight excluding hydrogens is 357 g/mol. The van der Waals surface area contributed by atoms with E-state index in [-0.39, 0.29) is 5.75 Å². The van der Waals surface area contributed by atoms with Crippen molar-refractivity contribution in [2.24, 2.45) is 0 Å². The standard InChI is InChI=1S/C16H11Cl2NO3S/c17-11-3-1-10(2-4-11)15-16(21)19(14(20)9-23(15)22)13-7-5-12(18)6-8-13/h1-8,15H,9H2/t15-,23-/m1/s1. The fraction of sp³-hybridized carbons (Fsp3) is 0.125. The maximum atomic E-state index is 12.8. The highest BCUT2D eigenvalue weighted by atomic mass is 35.5. The van der Waals surface area contributed by atoms with Crippen molar-refractivity contribution in [1.29, 1.82) is 0 Å². The van der Waals surface area contributed by atoms with Crippen LogP contribution in [0.4, 0.5) is 5.69 Å². The number of nitrogens with zero attached hydrogens (tertiary/aromatic N) is 1. The van der Waals surface area contributed by atoms with Crippen LogP contribution in [0.3, 0.4) is 0 Å². The van der Waals surface area contributed by atoms with E-state index in [0.717, 1.165) is 4.90 Å². The molecule has 23 heavy (non-hydrogen) atoms. The molecule has 0 bridgehead atoms. The molecule has 4 nitrogen and oxygen atoms in total. The number of hydrogen-bond donors (Lipinski definition) is 0. The van der Waals surface area contributed by atoms with E-state index in [2.05, 4.69) is 0 Å². The van der Waals surface area contributed by atoms with Crippen LogP contribution >= 0.6 is 23.2 Å². The average Bonchev–Trinajstić information content (AvgIpc) is 2.50. The largest absolute Gasteiger partial charge is 0.273 e. The molecule has 2 atom stereocenters. The molecule has 1 aliphatic rings. The van der Waals surface area contributed by atoms with Crippen LogP contribution in [0, 0.1) is 0 Å². The lowest BCUT2D eigenvalue weighted by molar-refractivity contribution is -0.125. The summed E-state index contributed by atoms with van der Waals surface area (Å²) < 4.78 is 12.3. The van der Waals surface area contributed by atoms with Gasteiger partial charge in [0.15, 0.2) is 0 Å². The van der Waals surface area contributed by atoms with E-state index in [1.807, 2.05) is 0 Å². The Morgan fingerprint density at radius 1 is 0.913 bits per heavy atom. The quantitative estimate of drug-likeness (QED) is 0.764. The summed E-state index contributed by atoms with van der Waals surface area (Å²) in [6, 6.07) is 12.9. The monoisotopic (exact) mass is 367 g/mol. The summed E-state index contributed by atoms with van der Waals surface area (Å²) in [6.45, 7) is 0. The van der Waals surface area contributed by atoms with Gasteiger partial charge in [-0.25, -0.2) is 4.90 Å². The molecule has 2 aromatic rings. The normalized spacial score (nSPS) is 21.6. The van der Waals surface area contributed by atoms with Gasteiger partial charge in [-0.3, -0.25) is 13.8 Å². The third-order valence-corrected chi connectivity index (χ3v) is 5.52. The molecule has 0 spiro atoms. The summed E-state index contributed by atoms with van der Waals surface area (Å²) >= 11 is 11.7. The molecule has 0 saturated carbocycles. The Morgan fingerprint density at radius 3 is 2.00 bits per heavy atom. The third-order valence-electron chi connectivity index (χ3n) is 3.48. The highest BCUT2D eigenvalue weighted by Crippen LogP contribution is 2.31. The van der Waals surface area contributed by atoms with Crippen molar-refractivity contribution >= 4 is 51.5 Å². The van der Waals surface area contributed by atoms with Crippen molar-refractivity contribution < 1.29 is 13.8 Å². The summed E-state index contributed by atoms with van der Waals surface area (Å²) in [7, 11) is -1.60. The first-order valence-electron chi connectivity index (χ1n) is 6.72. The minimum absolute atomic E-state index is 0.207. The zero-order chi connectivity index (χ0) is 16.6. The second kappa shape index (κ2) is 6.43. The topological polar surface area (TPSA) is 54.5 Å². The van der Waals surface area contributed by atoms with Crippen LogP contribution < -0.4 is 4.90 Å². The van der Waals surface area contributed by atoms with Crippen molar-refractivity contribution in [3.8, 4) is 0 Å². The van der Waals surface area contributed by atoms with Crippen molar-refractivity contribution in [1.82, 2.24) is 0 Å². The predicted molar refractivity (Wildman–Crippen MR) is 91.1 cm³/mol. The van der Waals surface area contributed by atoms with Crippen molar-refractivity contribution in [3.63, 3.8) is 0 Å². The van der Waals surface area contributed by atoms with E-state index < -0.39 is 27.9 Å². The van der Waals surface area contributed by atoms with Gasteiger partial charge in [-0.2, -0.15) is 0 Å². The number of rotatable bonds is 2. The molecule has 1 aliphatic heterocycles. The number of benzene rings is 2. The summed E-state index contributed by atoms with van der Waals surface area (Å²) in [5, 5.41) is 0.137. The molecule has 2 amide bonds. The molecule has 0 radical (unpaired) electrons. The summed E-state index contributed by atoms with van der Waals surface area (Å²) in [5.41, 5.74) is 0.990. The van der Waals surface area contributed by atoms with Crippen LogP contribution in [0.15, 0.2) is 48.5 Å². The van der Waals surface area contributed by atoms with E-state index in [1.165, 1.54) is 0 Å². The number of carbonyl (C=O) groups is 2. The molecule has 0 N–H and O–H groups in total. The van der Waals surface area contributed by atoms with Gasteiger partial charge in [0.1, 0.15) is 11.0 Å². The van der Waals surface area contributed by atoms with Gasteiger partial charge in [-0.15, -0.1) is 0 Å². The second-order valence-electron chi connectivity index (χ2n) is 5.00. The minimum Gasteiger partial charge on any atom is -0.273 e. The van der Waals surface area contributed by atoms with Gasteiger partial charge in [0.05, 0.1) is 5.69 Å². The maximum Gasteiger partial charge on any atom is 0.254 e. The number of hydrogen-bond acceptors (Lipinski definition) is 3. The van der Waals surface area contributed by atoms with Crippen LogP contribution in [0.1, 0.15) is 10.8 Å². The Labute approximate surface area is 145 Å². The molecule has 1 saturated heterocycles. The molecule has 1 heterocycles. The maximum absolute atomic E-state index is 12.8. The second-order valence-corrected chi connectivity index (χ2v) is 7.39. The number of carbonyl (C=O) groups excluding carboxylic acids is 2. The smallest absolute Gasteiger partial charge is 0.254 e. The predicted octanol–water partition coefficient (Wildman–Crippen LogP) is 3.36.